The fraction of sp³-hybridized carbons (Fsp3) is 0.300. The topological polar surface area (TPSA) is 106 Å². The lowest BCUT2D eigenvalue weighted by atomic mass is 10.1. The predicted octanol–water partition coefficient (Wildman–Crippen LogP) is 1.18. The average Bonchev–Trinajstić information content (AvgIpc) is 2.11. The van der Waals surface area contributed by atoms with Crippen LogP contribution < -0.4 is 4.72 Å². The number of hydrogen-bond donors (Lipinski definition) is 1. The van der Waals surface area contributed by atoms with Gasteiger partial charge in [0.25, 0.3) is 10.0 Å². The van der Waals surface area contributed by atoms with Crippen molar-refractivity contribution < 1.29 is 22.5 Å². The lowest BCUT2D eigenvalue weighted by Gasteiger charge is -2.11. The third kappa shape index (κ3) is 2.87. The number of sulfonamides is 1. The molecular formula is C10H11FN2O5S. The van der Waals surface area contributed by atoms with Crippen LogP contribution in [0.15, 0.2) is 11.0 Å². The number of nitrogens with zero attached hydrogens (tertiary/aromatic N) is 1. The van der Waals surface area contributed by atoms with E-state index in [4.69, 9.17) is 0 Å². The van der Waals surface area contributed by atoms with Crippen LogP contribution in [-0.4, -0.2) is 19.2 Å². The van der Waals surface area contributed by atoms with E-state index in [0.29, 0.717) is 0 Å². The maximum Gasteiger partial charge on any atom is 0.309 e. The maximum atomic E-state index is 13.5. The summed E-state index contributed by atoms with van der Waals surface area (Å²) in [6.07, 6.45) is 0. The molecule has 0 aliphatic carbocycles. The molecule has 1 aromatic carbocycles. The summed E-state index contributed by atoms with van der Waals surface area (Å²) < 4.78 is 38.9. The first-order chi connectivity index (χ1) is 8.58. The molecule has 1 N–H and O–H groups in total. The van der Waals surface area contributed by atoms with E-state index < -0.39 is 37.3 Å². The first-order valence-electron chi connectivity index (χ1n) is 5.05. The predicted molar refractivity (Wildman–Crippen MR) is 63.5 cm³/mol. The van der Waals surface area contributed by atoms with Gasteiger partial charge in [-0.3, -0.25) is 14.9 Å². The van der Waals surface area contributed by atoms with Crippen molar-refractivity contribution in [3.05, 3.63) is 33.1 Å². The number of nitrogens with one attached hydrogen (secondary N) is 1. The third-order valence-corrected chi connectivity index (χ3v) is 4.07. The molecule has 19 heavy (non-hydrogen) atoms. The van der Waals surface area contributed by atoms with Crippen molar-refractivity contribution in [2.24, 2.45) is 0 Å². The molecule has 1 aromatic rings. The summed E-state index contributed by atoms with van der Waals surface area (Å²) in [4.78, 5) is 20.1. The van der Waals surface area contributed by atoms with E-state index in [9.17, 15) is 27.7 Å². The van der Waals surface area contributed by atoms with Gasteiger partial charge in [0.1, 0.15) is 4.90 Å². The molecule has 0 unspecified atom stereocenters. The van der Waals surface area contributed by atoms with Crippen molar-refractivity contribution in [3.63, 3.8) is 0 Å². The number of hydrogen-bond acceptors (Lipinski definition) is 5. The van der Waals surface area contributed by atoms with E-state index in [0.717, 1.165) is 19.9 Å². The first-order valence-corrected chi connectivity index (χ1v) is 6.53. The fourth-order valence-electron chi connectivity index (χ4n) is 1.78. The van der Waals surface area contributed by atoms with Gasteiger partial charge in [-0.05, 0) is 25.5 Å². The standard InChI is InChI=1S/C10H11FN2O5S/c1-5-4-8(11)9(13(15)16)6(2)10(5)19(17,18)12-7(3)14/h4H,1-3H3,(H,12,14). The lowest BCUT2D eigenvalue weighted by Crippen LogP contribution is -2.29. The second-order valence-electron chi connectivity index (χ2n) is 3.90. The summed E-state index contributed by atoms with van der Waals surface area (Å²) in [5.74, 6) is -1.97. The van der Waals surface area contributed by atoms with Crippen molar-refractivity contribution in [2.45, 2.75) is 25.7 Å². The number of rotatable bonds is 3. The first kappa shape index (κ1) is 15.0. The van der Waals surface area contributed by atoms with E-state index in [1.165, 1.54) is 6.92 Å². The van der Waals surface area contributed by atoms with Crippen molar-refractivity contribution in [2.75, 3.05) is 0 Å². The third-order valence-electron chi connectivity index (χ3n) is 2.35. The van der Waals surface area contributed by atoms with E-state index in [2.05, 4.69) is 0 Å². The molecule has 0 aliphatic heterocycles. The Hall–Kier alpha value is -2.03. The van der Waals surface area contributed by atoms with E-state index >= 15 is 0 Å². The summed E-state index contributed by atoms with van der Waals surface area (Å²) in [5.41, 5.74) is -1.29. The Kier molecular flexibility index (Phi) is 3.89. The van der Waals surface area contributed by atoms with Gasteiger partial charge in [-0.15, -0.1) is 0 Å². The quantitative estimate of drug-likeness (QED) is 0.664. The van der Waals surface area contributed by atoms with Crippen LogP contribution in [0.3, 0.4) is 0 Å². The van der Waals surface area contributed by atoms with Crippen LogP contribution in [0.2, 0.25) is 0 Å². The number of carbonyl (C=O) groups excluding carboxylic acids is 1. The Morgan fingerprint density at radius 1 is 1.42 bits per heavy atom. The highest BCUT2D eigenvalue weighted by Gasteiger charge is 2.29. The Bertz CT molecular complexity index is 669. The molecule has 1 amide bonds. The molecule has 0 spiro atoms. The number of halogens is 1. The molecule has 0 fully saturated rings. The molecule has 0 heterocycles. The molecule has 1 rings (SSSR count). The van der Waals surface area contributed by atoms with Gasteiger partial charge in [-0.2, -0.15) is 4.39 Å². The van der Waals surface area contributed by atoms with Crippen molar-refractivity contribution in [3.8, 4) is 0 Å². The van der Waals surface area contributed by atoms with Gasteiger partial charge < -0.3 is 0 Å². The average molecular weight is 290 g/mol. The highest BCUT2D eigenvalue weighted by atomic mass is 32.2. The maximum absolute atomic E-state index is 13.5. The highest BCUT2D eigenvalue weighted by Crippen LogP contribution is 2.30. The highest BCUT2D eigenvalue weighted by molar-refractivity contribution is 7.90. The van der Waals surface area contributed by atoms with E-state index in [-0.39, 0.29) is 11.1 Å². The minimum absolute atomic E-state index is 0.0191. The number of amides is 1. The second kappa shape index (κ2) is 4.92. The van der Waals surface area contributed by atoms with Gasteiger partial charge in [0.05, 0.1) is 10.5 Å². The summed E-state index contributed by atoms with van der Waals surface area (Å²) in [7, 11) is -4.26. The monoisotopic (exact) mass is 290 g/mol. The van der Waals surface area contributed by atoms with Crippen LogP contribution in [0.25, 0.3) is 0 Å². The zero-order chi connectivity index (χ0) is 15.0. The number of nitro benzene ring substituents is 1. The molecule has 0 aliphatic rings. The minimum Gasteiger partial charge on any atom is -0.274 e. The van der Waals surface area contributed by atoms with Crippen LogP contribution in [-0.2, 0) is 14.8 Å². The zero-order valence-corrected chi connectivity index (χ0v) is 11.2. The molecule has 7 nitrogen and oxygen atoms in total. The SMILES string of the molecule is CC(=O)NS(=O)(=O)c1c(C)cc(F)c([N+](=O)[O-])c1C. The molecule has 0 bridgehead atoms. The van der Waals surface area contributed by atoms with Crippen molar-refractivity contribution >= 4 is 21.6 Å². The molecule has 0 saturated heterocycles. The van der Waals surface area contributed by atoms with Gasteiger partial charge in [-0.25, -0.2) is 13.1 Å². The molecular weight excluding hydrogens is 279 g/mol. The normalized spacial score (nSPS) is 11.2. The van der Waals surface area contributed by atoms with Crippen LogP contribution in [0.1, 0.15) is 18.1 Å². The summed E-state index contributed by atoms with van der Waals surface area (Å²) in [6.45, 7) is 3.39. The minimum atomic E-state index is -4.26. The number of benzene rings is 1. The molecule has 0 aromatic heterocycles. The molecule has 0 atom stereocenters. The van der Waals surface area contributed by atoms with Crippen LogP contribution in [0, 0.1) is 29.8 Å². The summed E-state index contributed by atoms with van der Waals surface area (Å²) in [6, 6.07) is 0.750. The molecule has 0 saturated carbocycles. The van der Waals surface area contributed by atoms with Crippen molar-refractivity contribution in [1.82, 2.24) is 4.72 Å². The van der Waals surface area contributed by atoms with Crippen LogP contribution in [0.5, 0.6) is 0 Å². The summed E-state index contributed by atoms with van der Waals surface area (Å²) >= 11 is 0. The summed E-state index contributed by atoms with van der Waals surface area (Å²) in [5, 5.41) is 10.7. The lowest BCUT2D eigenvalue weighted by molar-refractivity contribution is -0.388. The fourth-order valence-corrected chi connectivity index (χ4v) is 3.25. The Balaban J connectivity index is 3.66. The van der Waals surface area contributed by atoms with Gasteiger partial charge >= 0.3 is 5.69 Å². The second-order valence-corrected chi connectivity index (χ2v) is 5.52. The van der Waals surface area contributed by atoms with Crippen LogP contribution >= 0.6 is 0 Å². The Morgan fingerprint density at radius 2 is 1.95 bits per heavy atom. The number of carbonyl (C=O) groups is 1. The largest absolute Gasteiger partial charge is 0.309 e. The molecule has 104 valence electrons. The van der Waals surface area contributed by atoms with Crippen LogP contribution in [0.4, 0.5) is 10.1 Å². The Labute approximate surface area is 108 Å². The van der Waals surface area contributed by atoms with Gasteiger partial charge in [0.15, 0.2) is 0 Å². The molecule has 0 radical (unpaired) electrons. The Morgan fingerprint density at radius 3 is 2.37 bits per heavy atom. The smallest absolute Gasteiger partial charge is 0.274 e. The number of aryl methyl sites for hydroxylation is 1. The van der Waals surface area contributed by atoms with E-state index in [1.54, 1.807) is 4.72 Å². The number of nitro groups is 1. The van der Waals surface area contributed by atoms with Gasteiger partial charge in [0, 0.05) is 6.92 Å². The molecule has 9 heteroatoms. The van der Waals surface area contributed by atoms with Gasteiger partial charge in [-0.1, -0.05) is 0 Å². The van der Waals surface area contributed by atoms with E-state index in [1.807, 2.05) is 0 Å². The van der Waals surface area contributed by atoms with Crippen molar-refractivity contribution in [1.29, 1.82) is 0 Å². The zero-order valence-electron chi connectivity index (χ0n) is 10.4. The van der Waals surface area contributed by atoms with Gasteiger partial charge in [0.2, 0.25) is 11.7 Å².